The maximum Gasteiger partial charge on any atom is 0.303 e. The largest absolute Gasteiger partial charge is 0.456 e. The lowest BCUT2D eigenvalue weighted by molar-refractivity contribution is -0.148. The van der Waals surface area contributed by atoms with Gasteiger partial charge in [0.25, 0.3) is 0 Å². The Kier molecular flexibility index (Phi) is 4.36. The van der Waals surface area contributed by atoms with Gasteiger partial charge in [0.2, 0.25) is 0 Å². The lowest BCUT2D eigenvalue weighted by Gasteiger charge is -2.32. The van der Waals surface area contributed by atoms with Crippen LogP contribution in [0.1, 0.15) is 29.0 Å². The van der Waals surface area contributed by atoms with Gasteiger partial charge < -0.3 is 4.74 Å². The topological polar surface area (TPSA) is 29.5 Å². The molecular weight excluding hydrogens is 282 g/mol. The summed E-state index contributed by atoms with van der Waals surface area (Å²) in [5.74, 6) is -0.206. The van der Waals surface area contributed by atoms with Gasteiger partial charge in [-0.3, -0.25) is 9.69 Å². The molecule has 1 aliphatic rings. The van der Waals surface area contributed by atoms with Gasteiger partial charge in [0.15, 0.2) is 0 Å². The van der Waals surface area contributed by atoms with Crippen molar-refractivity contribution >= 4 is 17.3 Å². The third-order valence-corrected chi connectivity index (χ3v) is 4.71. The smallest absolute Gasteiger partial charge is 0.303 e. The molecule has 1 unspecified atom stereocenters. The van der Waals surface area contributed by atoms with Crippen LogP contribution in [0.4, 0.5) is 0 Å². The van der Waals surface area contributed by atoms with Crippen LogP contribution in [-0.4, -0.2) is 24.0 Å². The van der Waals surface area contributed by atoms with Gasteiger partial charge >= 0.3 is 5.97 Å². The molecule has 2 aromatic rings. The Morgan fingerprint density at radius 3 is 2.90 bits per heavy atom. The van der Waals surface area contributed by atoms with Gasteiger partial charge in [-0.25, -0.2) is 0 Å². The van der Waals surface area contributed by atoms with E-state index in [-0.39, 0.29) is 12.1 Å². The predicted molar refractivity (Wildman–Crippen MR) is 84.2 cm³/mol. The van der Waals surface area contributed by atoms with Crippen molar-refractivity contribution < 1.29 is 9.53 Å². The second kappa shape index (κ2) is 6.41. The minimum Gasteiger partial charge on any atom is -0.456 e. The first-order valence-electron chi connectivity index (χ1n) is 7.22. The Morgan fingerprint density at radius 1 is 1.33 bits per heavy atom. The third-order valence-electron chi connectivity index (χ3n) is 3.79. The number of rotatable bonds is 4. The van der Waals surface area contributed by atoms with Gasteiger partial charge in [0, 0.05) is 37.0 Å². The highest BCUT2D eigenvalue weighted by Gasteiger charge is 2.28. The zero-order valence-corrected chi connectivity index (χ0v) is 12.9. The van der Waals surface area contributed by atoms with Crippen molar-refractivity contribution in [3.63, 3.8) is 0 Å². The van der Waals surface area contributed by atoms with Crippen LogP contribution in [0.25, 0.3) is 0 Å². The summed E-state index contributed by atoms with van der Waals surface area (Å²) in [6.07, 6.45) is 0.905. The van der Waals surface area contributed by atoms with Crippen LogP contribution in [0.3, 0.4) is 0 Å². The summed E-state index contributed by atoms with van der Waals surface area (Å²) in [7, 11) is 0. The molecule has 0 fully saturated rings. The van der Waals surface area contributed by atoms with Crippen LogP contribution in [0.2, 0.25) is 0 Å². The normalized spacial score (nSPS) is 18.2. The van der Waals surface area contributed by atoms with Gasteiger partial charge in [-0.05, 0) is 23.4 Å². The zero-order chi connectivity index (χ0) is 14.7. The molecule has 4 heteroatoms. The molecule has 0 saturated carbocycles. The maximum atomic E-state index is 11.3. The van der Waals surface area contributed by atoms with Gasteiger partial charge in [0.05, 0.1) is 0 Å². The van der Waals surface area contributed by atoms with E-state index in [0.717, 1.165) is 26.1 Å². The summed E-state index contributed by atoms with van der Waals surface area (Å²) >= 11 is 1.75. The van der Waals surface area contributed by atoms with E-state index in [1.54, 1.807) is 11.3 Å². The van der Waals surface area contributed by atoms with Crippen molar-refractivity contribution in [1.82, 2.24) is 4.90 Å². The highest BCUT2D eigenvalue weighted by molar-refractivity contribution is 7.10. The second-order valence-electron chi connectivity index (χ2n) is 5.37. The molecule has 0 saturated heterocycles. The van der Waals surface area contributed by atoms with Crippen molar-refractivity contribution in [1.29, 1.82) is 0 Å². The lowest BCUT2D eigenvalue weighted by atomic mass is 10.0. The first kappa shape index (κ1) is 14.3. The van der Waals surface area contributed by atoms with Crippen LogP contribution in [0, 0.1) is 0 Å². The van der Waals surface area contributed by atoms with E-state index in [0.29, 0.717) is 0 Å². The van der Waals surface area contributed by atoms with E-state index in [9.17, 15) is 4.79 Å². The first-order valence-corrected chi connectivity index (χ1v) is 8.10. The molecule has 0 spiro atoms. The number of benzene rings is 1. The number of hydrogen-bond donors (Lipinski definition) is 0. The summed E-state index contributed by atoms with van der Waals surface area (Å²) < 4.78 is 5.48. The molecule has 0 amide bonds. The van der Waals surface area contributed by atoms with E-state index in [1.165, 1.54) is 22.9 Å². The zero-order valence-electron chi connectivity index (χ0n) is 12.1. The predicted octanol–water partition coefficient (Wildman–Crippen LogP) is 3.41. The summed E-state index contributed by atoms with van der Waals surface area (Å²) in [4.78, 5) is 15.0. The van der Waals surface area contributed by atoms with Gasteiger partial charge in [-0.1, -0.05) is 30.3 Å². The van der Waals surface area contributed by atoms with E-state index < -0.39 is 0 Å². The SMILES string of the molecule is CC(=O)OC1CN(CCc2ccccc2)Cc2sccc21. The molecule has 1 aromatic heterocycles. The Labute approximate surface area is 129 Å². The van der Waals surface area contributed by atoms with Crippen molar-refractivity contribution in [2.45, 2.75) is 26.0 Å². The van der Waals surface area contributed by atoms with Crippen molar-refractivity contribution in [3.05, 3.63) is 57.8 Å². The van der Waals surface area contributed by atoms with Crippen molar-refractivity contribution in [2.24, 2.45) is 0 Å². The average Bonchev–Trinajstić information content (AvgIpc) is 2.94. The molecule has 2 heterocycles. The fourth-order valence-electron chi connectivity index (χ4n) is 2.77. The molecule has 0 bridgehead atoms. The molecule has 1 atom stereocenters. The van der Waals surface area contributed by atoms with E-state index in [1.807, 2.05) is 6.07 Å². The number of carbonyl (C=O) groups excluding carboxylic acids is 1. The first-order chi connectivity index (χ1) is 10.2. The number of ether oxygens (including phenoxy) is 1. The Balaban J connectivity index is 1.66. The van der Waals surface area contributed by atoms with Crippen LogP contribution in [0.15, 0.2) is 41.8 Å². The Hall–Kier alpha value is -1.65. The summed E-state index contributed by atoms with van der Waals surface area (Å²) in [5, 5.41) is 2.09. The number of hydrogen-bond acceptors (Lipinski definition) is 4. The Morgan fingerprint density at radius 2 is 2.14 bits per heavy atom. The van der Waals surface area contributed by atoms with Crippen LogP contribution < -0.4 is 0 Å². The molecule has 3 nitrogen and oxygen atoms in total. The fourth-order valence-corrected chi connectivity index (χ4v) is 3.74. The molecule has 1 aliphatic heterocycles. The van der Waals surface area contributed by atoms with Gasteiger partial charge in [0.1, 0.15) is 6.10 Å². The molecule has 0 N–H and O–H groups in total. The summed E-state index contributed by atoms with van der Waals surface area (Å²) in [5.41, 5.74) is 2.53. The van der Waals surface area contributed by atoms with Crippen molar-refractivity contribution in [2.75, 3.05) is 13.1 Å². The fraction of sp³-hybridized carbons (Fsp3) is 0.353. The summed E-state index contributed by atoms with van der Waals surface area (Å²) in [6, 6.07) is 12.6. The average molecular weight is 301 g/mol. The van der Waals surface area contributed by atoms with E-state index >= 15 is 0 Å². The minimum atomic E-state index is -0.206. The van der Waals surface area contributed by atoms with Gasteiger partial charge in [-0.15, -0.1) is 11.3 Å². The van der Waals surface area contributed by atoms with E-state index in [2.05, 4.69) is 40.6 Å². The van der Waals surface area contributed by atoms with Crippen molar-refractivity contribution in [3.8, 4) is 0 Å². The maximum absolute atomic E-state index is 11.3. The monoisotopic (exact) mass is 301 g/mol. The summed E-state index contributed by atoms with van der Waals surface area (Å²) in [6.45, 7) is 4.21. The number of nitrogens with zero attached hydrogens (tertiary/aromatic N) is 1. The molecule has 21 heavy (non-hydrogen) atoms. The molecule has 0 radical (unpaired) electrons. The quantitative estimate of drug-likeness (QED) is 0.811. The highest BCUT2D eigenvalue weighted by atomic mass is 32.1. The molecule has 3 rings (SSSR count). The lowest BCUT2D eigenvalue weighted by Crippen LogP contribution is -2.35. The van der Waals surface area contributed by atoms with Crippen LogP contribution >= 0.6 is 11.3 Å². The molecule has 1 aromatic carbocycles. The molecule has 110 valence electrons. The van der Waals surface area contributed by atoms with Gasteiger partial charge in [-0.2, -0.15) is 0 Å². The molecule has 0 aliphatic carbocycles. The number of thiophene rings is 1. The standard InChI is InChI=1S/C17H19NO2S/c1-13(19)20-16-11-18(12-17-15(16)8-10-21-17)9-7-14-5-3-2-4-6-14/h2-6,8,10,16H,7,9,11-12H2,1H3. The molecular formula is C17H19NO2S. The number of fused-ring (bicyclic) bond motifs is 1. The van der Waals surface area contributed by atoms with E-state index in [4.69, 9.17) is 4.74 Å². The number of esters is 1. The third kappa shape index (κ3) is 3.52. The second-order valence-corrected chi connectivity index (χ2v) is 6.37. The minimum absolute atomic E-state index is 0.117. The van der Waals surface area contributed by atoms with Crippen LogP contribution in [0.5, 0.6) is 0 Å². The number of carbonyl (C=O) groups is 1. The Bertz CT molecular complexity index is 608. The highest BCUT2D eigenvalue weighted by Crippen LogP contribution is 2.33. The van der Waals surface area contributed by atoms with Crippen LogP contribution in [-0.2, 0) is 22.5 Å².